The summed E-state index contributed by atoms with van der Waals surface area (Å²) in [4.78, 5) is 24.6. The Kier molecular flexibility index (Phi) is 4.84. The second kappa shape index (κ2) is 6.28. The van der Waals surface area contributed by atoms with Gasteiger partial charge < -0.3 is 5.11 Å². The van der Waals surface area contributed by atoms with Gasteiger partial charge in [0.15, 0.2) is 11.6 Å². The largest absolute Gasteiger partial charge is 1.00 e. The Balaban J connectivity index is 0.00000161. The Morgan fingerprint density at radius 2 is 1.52 bits per heavy atom. The quantitative estimate of drug-likeness (QED) is 0.421. The molecule has 0 aromatic heterocycles. The van der Waals surface area contributed by atoms with E-state index in [-0.39, 0.29) is 35.1 Å². The van der Waals surface area contributed by atoms with Gasteiger partial charge in [0, 0.05) is 15.6 Å². The number of ketones is 2. The summed E-state index contributed by atoms with van der Waals surface area (Å²) >= 11 is 3.27. The summed E-state index contributed by atoms with van der Waals surface area (Å²) in [6, 6.07) is 13.1. The van der Waals surface area contributed by atoms with E-state index in [9.17, 15) is 14.7 Å². The molecule has 5 heteroatoms. The Hall–Kier alpha value is -1.20. The number of carbonyl (C=O) groups excluding carboxylic acids is 2. The van der Waals surface area contributed by atoms with Crippen molar-refractivity contribution in [1.82, 2.24) is 0 Å². The third kappa shape index (κ3) is 2.77. The first kappa shape index (κ1) is 16.2. The van der Waals surface area contributed by atoms with Crippen LogP contribution in [0.25, 0.3) is 5.76 Å². The maximum absolute atomic E-state index is 12.4. The smallest absolute Gasteiger partial charge is 0.871 e. The average molecular weight is 351 g/mol. The molecule has 0 fully saturated rings. The van der Waals surface area contributed by atoms with E-state index in [0.717, 1.165) is 4.47 Å². The summed E-state index contributed by atoms with van der Waals surface area (Å²) in [5, 5.41) is 12.2. The van der Waals surface area contributed by atoms with E-state index in [1.54, 1.807) is 48.5 Å². The van der Waals surface area contributed by atoms with Crippen LogP contribution in [-0.2, 0) is 0 Å². The minimum absolute atomic E-state index is 0. The fourth-order valence-corrected chi connectivity index (χ4v) is 2.47. The van der Waals surface area contributed by atoms with Crippen LogP contribution in [0.2, 0.25) is 0 Å². The van der Waals surface area contributed by atoms with Crippen LogP contribution in [0.5, 0.6) is 0 Å². The molecule has 0 spiro atoms. The van der Waals surface area contributed by atoms with Crippen molar-refractivity contribution in [2.75, 3.05) is 0 Å². The number of Topliss-reactive ketones (excluding diaryl/α,β-unsaturated/α-hetero) is 2. The molecule has 0 atom stereocenters. The minimum atomic E-state index is -0.524. The van der Waals surface area contributed by atoms with Crippen molar-refractivity contribution in [3.05, 3.63) is 75.3 Å². The van der Waals surface area contributed by atoms with Crippen molar-refractivity contribution in [2.24, 2.45) is 0 Å². The monoisotopic (exact) mass is 350 g/mol. The van der Waals surface area contributed by atoms with Crippen LogP contribution in [0.15, 0.2) is 58.6 Å². The van der Waals surface area contributed by atoms with Crippen molar-refractivity contribution < 1.29 is 44.3 Å². The minimum Gasteiger partial charge on any atom is -0.871 e. The van der Waals surface area contributed by atoms with Gasteiger partial charge in [-0.15, -0.1) is 0 Å². The molecule has 1 aliphatic carbocycles. The first-order chi connectivity index (χ1) is 9.59. The van der Waals surface area contributed by atoms with Gasteiger partial charge in [0.1, 0.15) is 0 Å². The van der Waals surface area contributed by atoms with Crippen molar-refractivity contribution in [1.29, 1.82) is 0 Å². The van der Waals surface area contributed by atoms with E-state index in [4.69, 9.17) is 0 Å². The molecular weight excluding hydrogens is 343 g/mol. The number of hydrogen-bond donors (Lipinski definition) is 0. The van der Waals surface area contributed by atoms with Crippen LogP contribution < -0.4 is 34.7 Å². The third-order valence-corrected chi connectivity index (χ3v) is 3.73. The summed E-state index contributed by atoms with van der Waals surface area (Å²) in [6.07, 6.45) is 0. The molecule has 0 N–H and O–H groups in total. The molecule has 0 radical (unpaired) electrons. The Bertz CT molecular complexity index is 763. The summed E-state index contributed by atoms with van der Waals surface area (Å²) < 4.78 is 0.825. The second-order valence-corrected chi connectivity index (χ2v) is 5.33. The van der Waals surface area contributed by atoms with E-state index in [1.165, 1.54) is 0 Å². The zero-order valence-corrected chi connectivity index (χ0v) is 14.8. The molecule has 21 heavy (non-hydrogen) atoms. The number of fused-ring (bicyclic) bond motifs is 1. The first-order valence-corrected chi connectivity index (χ1v) is 6.74. The summed E-state index contributed by atoms with van der Waals surface area (Å²) in [6.45, 7) is 0. The maximum Gasteiger partial charge on any atom is 1.00 e. The van der Waals surface area contributed by atoms with Crippen molar-refractivity contribution in [2.45, 2.75) is 0 Å². The summed E-state index contributed by atoms with van der Waals surface area (Å²) in [5.74, 6) is -1.50. The SMILES string of the molecule is O=C(C1=C([O-])c2ccccc2C1=O)c1ccc(Br)cc1.[Na+]. The van der Waals surface area contributed by atoms with Crippen LogP contribution in [0, 0.1) is 0 Å². The third-order valence-electron chi connectivity index (χ3n) is 3.20. The fourth-order valence-electron chi connectivity index (χ4n) is 2.20. The number of benzene rings is 2. The molecule has 0 amide bonds. The fraction of sp³-hybridized carbons (Fsp3) is 0. The van der Waals surface area contributed by atoms with E-state index >= 15 is 0 Å². The van der Waals surface area contributed by atoms with Gasteiger partial charge in [-0.2, -0.15) is 0 Å². The van der Waals surface area contributed by atoms with Gasteiger partial charge >= 0.3 is 29.6 Å². The van der Waals surface area contributed by atoms with Crippen molar-refractivity contribution in [3.8, 4) is 0 Å². The van der Waals surface area contributed by atoms with Gasteiger partial charge in [0.25, 0.3) is 0 Å². The van der Waals surface area contributed by atoms with Gasteiger partial charge in [0.05, 0.1) is 5.57 Å². The topological polar surface area (TPSA) is 57.2 Å². The number of rotatable bonds is 2. The molecular formula is C16H8BrNaO3. The molecule has 0 aliphatic heterocycles. The summed E-state index contributed by atoms with van der Waals surface area (Å²) in [7, 11) is 0. The Morgan fingerprint density at radius 1 is 0.952 bits per heavy atom. The molecule has 0 saturated heterocycles. The predicted octanol–water partition coefficient (Wildman–Crippen LogP) is -0.396. The molecule has 0 saturated carbocycles. The molecule has 3 rings (SSSR count). The van der Waals surface area contributed by atoms with Crippen LogP contribution in [-0.4, -0.2) is 11.6 Å². The van der Waals surface area contributed by atoms with E-state index < -0.39 is 17.3 Å². The first-order valence-electron chi connectivity index (χ1n) is 5.95. The van der Waals surface area contributed by atoms with Crippen LogP contribution >= 0.6 is 15.9 Å². The number of hydrogen-bond acceptors (Lipinski definition) is 3. The Labute approximate surface area is 152 Å². The average Bonchev–Trinajstić information content (AvgIpc) is 2.72. The Morgan fingerprint density at radius 3 is 2.10 bits per heavy atom. The molecule has 0 heterocycles. The van der Waals surface area contributed by atoms with Gasteiger partial charge in [-0.3, -0.25) is 9.59 Å². The molecule has 98 valence electrons. The zero-order chi connectivity index (χ0) is 14.3. The normalized spacial score (nSPS) is 12.9. The van der Waals surface area contributed by atoms with E-state index in [1.807, 2.05) is 0 Å². The number of halogens is 1. The van der Waals surface area contributed by atoms with Gasteiger partial charge in [-0.05, 0) is 29.8 Å². The van der Waals surface area contributed by atoms with Crippen molar-refractivity contribution in [3.63, 3.8) is 0 Å². The maximum atomic E-state index is 12.4. The second-order valence-electron chi connectivity index (χ2n) is 4.41. The zero-order valence-electron chi connectivity index (χ0n) is 11.2. The number of allylic oxidation sites excluding steroid dienone is 1. The van der Waals surface area contributed by atoms with Gasteiger partial charge in [0.2, 0.25) is 0 Å². The standard InChI is InChI=1S/C16H9BrO3.Na/c17-10-7-5-9(6-8-10)14(18)13-15(19)11-3-1-2-4-12(11)16(13)20;/h1-8,19H;/q;+1/p-1. The van der Waals surface area contributed by atoms with Crippen molar-refractivity contribution >= 4 is 33.3 Å². The number of carbonyl (C=O) groups is 2. The van der Waals surface area contributed by atoms with Crippen LogP contribution in [0.3, 0.4) is 0 Å². The van der Waals surface area contributed by atoms with Gasteiger partial charge in [-0.25, -0.2) is 0 Å². The van der Waals surface area contributed by atoms with E-state index in [2.05, 4.69) is 15.9 Å². The molecule has 3 nitrogen and oxygen atoms in total. The molecule has 0 bridgehead atoms. The predicted molar refractivity (Wildman–Crippen MR) is 76.2 cm³/mol. The van der Waals surface area contributed by atoms with E-state index in [0.29, 0.717) is 16.7 Å². The molecule has 1 aliphatic rings. The molecule has 0 unspecified atom stereocenters. The molecule has 2 aromatic carbocycles. The summed E-state index contributed by atoms with van der Waals surface area (Å²) in [5.41, 5.74) is 0.669. The van der Waals surface area contributed by atoms with Crippen LogP contribution in [0.4, 0.5) is 0 Å². The molecule has 2 aromatic rings. The van der Waals surface area contributed by atoms with Gasteiger partial charge in [-0.1, -0.05) is 46.0 Å². The van der Waals surface area contributed by atoms with Crippen LogP contribution in [0.1, 0.15) is 26.3 Å².